The van der Waals surface area contributed by atoms with E-state index in [4.69, 9.17) is 4.74 Å². The lowest BCUT2D eigenvalue weighted by Crippen LogP contribution is -2.52. The zero-order valence-corrected chi connectivity index (χ0v) is 20.8. The summed E-state index contributed by atoms with van der Waals surface area (Å²) in [6, 6.07) is 13.3. The number of ether oxygens (including phenoxy) is 1. The summed E-state index contributed by atoms with van der Waals surface area (Å²) >= 11 is 0. The number of amides is 2. The fourth-order valence-corrected chi connectivity index (χ4v) is 4.28. The van der Waals surface area contributed by atoms with Crippen molar-refractivity contribution in [2.75, 3.05) is 24.2 Å². The molecule has 0 spiro atoms. The molecule has 0 bridgehead atoms. The minimum Gasteiger partial charge on any atom is -0.495 e. The highest BCUT2D eigenvalue weighted by atomic mass is 32.2. The van der Waals surface area contributed by atoms with Crippen molar-refractivity contribution >= 4 is 27.5 Å². The molecule has 2 aromatic carbocycles. The maximum absolute atomic E-state index is 13.5. The van der Waals surface area contributed by atoms with Gasteiger partial charge in [0.05, 0.1) is 19.1 Å². The van der Waals surface area contributed by atoms with Gasteiger partial charge in [-0.2, -0.15) is 0 Å². The summed E-state index contributed by atoms with van der Waals surface area (Å²) in [6.07, 6.45) is 1.03. The van der Waals surface area contributed by atoms with Crippen molar-refractivity contribution < 1.29 is 22.7 Å². The van der Waals surface area contributed by atoms with Crippen molar-refractivity contribution in [2.45, 2.75) is 46.3 Å². The van der Waals surface area contributed by atoms with Crippen LogP contribution in [-0.4, -0.2) is 57.1 Å². The van der Waals surface area contributed by atoms with E-state index in [2.05, 4.69) is 5.32 Å². The summed E-state index contributed by atoms with van der Waals surface area (Å²) in [4.78, 5) is 27.6. The molecule has 2 aromatic rings. The summed E-state index contributed by atoms with van der Waals surface area (Å²) in [5, 5.41) is 2.82. The Balaban J connectivity index is 2.43. The second-order valence-electron chi connectivity index (χ2n) is 8.29. The van der Waals surface area contributed by atoms with E-state index in [0.29, 0.717) is 5.75 Å². The van der Waals surface area contributed by atoms with Crippen LogP contribution in [-0.2, 0) is 26.2 Å². The van der Waals surface area contributed by atoms with E-state index in [1.165, 1.54) is 12.0 Å². The van der Waals surface area contributed by atoms with Gasteiger partial charge in [-0.15, -0.1) is 0 Å². The molecule has 1 atom stereocenters. The quantitative estimate of drug-likeness (QED) is 0.570. The number of benzene rings is 2. The van der Waals surface area contributed by atoms with Crippen molar-refractivity contribution in [3.05, 3.63) is 59.7 Å². The third-order valence-electron chi connectivity index (χ3n) is 5.07. The molecule has 0 aliphatic rings. The van der Waals surface area contributed by atoms with Crippen LogP contribution in [0.4, 0.5) is 5.69 Å². The smallest absolute Gasteiger partial charge is 0.244 e. The Labute approximate surface area is 196 Å². The molecular formula is C24H33N3O5S. The number of nitrogens with one attached hydrogen (secondary N) is 1. The van der Waals surface area contributed by atoms with E-state index in [1.54, 1.807) is 31.2 Å². The summed E-state index contributed by atoms with van der Waals surface area (Å²) in [5.41, 5.74) is 2.12. The van der Waals surface area contributed by atoms with Gasteiger partial charge in [0, 0.05) is 12.6 Å². The molecule has 0 heterocycles. The van der Waals surface area contributed by atoms with Crippen molar-refractivity contribution in [2.24, 2.45) is 0 Å². The largest absolute Gasteiger partial charge is 0.495 e. The highest BCUT2D eigenvalue weighted by Crippen LogP contribution is 2.29. The Bertz CT molecular complexity index is 1090. The van der Waals surface area contributed by atoms with Crippen LogP contribution in [0, 0.1) is 6.92 Å². The zero-order chi connectivity index (χ0) is 24.8. The van der Waals surface area contributed by atoms with E-state index >= 15 is 0 Å². The number of hydrogen-bond acceptors (Lipinski definition) is 5. The first-order valence-electron chi connectivity index (χ1n) is 10.7. The molecule has 2 rings (SSSR count). The van der Waals surface area contributed by atoms with Crippen LogP contribution in [0.5, 0.6) is 5.75 Å². The van der Waals surface area contributed by atoms with Gasteiger partial charge in [0.2, 0.25) is 21.8 Å². The second-order valence-corrected chi connectivity index (χ2v) is 10.2. The van der Waals surface area contributed by atoms with Crippen LogP contribution in [0.2, 0.25) is 0 Å². The Morgan fingerprint density at radius 1 is 1.06 bits per heavy atom. The number of hydrogen-bond donors (Lipinski definition) is 1. The van der Waals surface area contributed by atoms with Crippen molar-refractivity contribution in [3.8, 4) is 5.75 Å². The lowest BCUT2D eigenvalue weighted by atomic mass is 10.1. The number of sulfonamides is 1. The van der Waals surface area contributed by atoms with E-state index in [-0.39, 0.29) is 24.2 Å². The fraction of sp³-hybridized carbons (Fsp3) is 0.417. The van der Waals surface area contributed by atoms with Crippen LogP contribution in [0.1, 0.15) is 31.9 Å². The van der Waals surface area contributed by atoms with E-state index in [0.717, 1.165) is 21.7 Å². The molecule has 0 aromatic heterocycles. The summed E-state index contributed by atoms with van der Waals surface area (Å²) in [6.45, 7) is 6.95. The number of carbonyl (C=O) groups excluding carboxylic acids is 2. The van der Waals surface area contributed by atoms with Crippen LogP contribution in [0.25, 0.3) is 0 Å². The lowest BCUT2D eigenvalue weighted by molar-refractivity contribution is -0.139. The number of nitrogens with zero attached hydrogens (tertiary/aromatic N) is 2. The average Bonchev–Trinajstić information content (AvgIpc) is 2.74. The minimum atomic E-state index is -3.82. The van der Waals surface area contributed by atoms with Crippen molar-refractivity contribution in [1.29, 1.82) is 0 Å². The number of rotatable bonds is 10. The first kappa shape index (κ1) is 26.2. The number of anilines is 1. The number of carbonyl (C=O) groups is 2. The monoisotopic (exact) mass is 475 g/mol. The van der Waals surface area contributed by atoms with Crippen LogP contribution >= 0.6 is 0 Å². The van der Waals surface area contributed by atoms with Gasteiger partial charge in [0.25, 0.3) is 0 Å². The molecule has 0 aliphatic carbocycles. The lowest BCUT2D eigenvalue weighted by Gasteiger charge is -2.32. The molecule has 0 fully saturated rings. The molecule has 1 unspecified atom stereocenters. The summed E-state index contributed by atoms with van der Waals surface area (Å²) in [7, 11) is -2.38. The zero-order valence-electron chi connectivity index (χ0n) is 20.0. The van der Waals surface area contributed by atoms with Gasteiger partial charge in [-0.3, -0.25) is 13.9 Å². The third-order valence-corrected chi connectivity index (χ3v) is 6.19. The topological polar surface area (TPSA) is 96.0 Å². The van der Waals surface area contributed by atoms with Gasteiger partial charge < -0.3 is 15.0 Å². The highest BCUT2D eigenvalue weighted by molar-refractivity contribution is 7.92. The Hall–Kier alpha value is -3.07. The Morgan fingerprint density at radius 2 is 1.73 bits per heavy atom. The molecule has 0 saturated heterocycles. The predicted molar refractivity (Wildman–Crippen MR) is 130 cm³/mol. The fourth-order valence-electron chi connectivity index (χ4n) is 3.43. The number of aryl methyl sites for hydroxylation is 1. The second kappa shape index (κ2) is 11.2. The SMILES string of the molecule is COc1ccccc1N(CC(=O)N(Cc1cccc(C)c1)C(C)C(=O)NC(C)C)S(C)(=O)=O. The van der Waals surface area contributed by atoms with Gasteiger partial charge >= 0.3 is 0 Å². The first-order chi connectivity index (χ1) is 15.4. The van der Waals surface area contributed by atoms with Crippen LogP contribution in [0.15, 0.2) is 48.5 Å². The van der Waals surface area contributed by atoms with Gasteiger partial charge in [-0.05, 0) is 45.4 Å². The summed E-state index contributed by atoms with van der Waals surface area (Å²) < 4.78 is 31.6. The maximum Gasteiger partial charge on any atom is 0.244 e. The molecule has 180 valence electrons. The van der Waals surface area contributed by atoms with Crippen molar-refractivity contribution in [3.63, 3.8) is 0 Å². The average molecular weight is 476 g/mol. The molecule has 0 saturated carbocycles. The molecule has 1 N–H and O–H groups in total. The van der Waals surface area contributed by atoms with E-state index in [1.807, 2.05) is 45.0 Å². The Morgan fingerprint density at radius 3 is 2.30 bits per heavy atom. The molecule has 0 aliphatic heterocycles. The van der Waals surface area contributed by atoms with Gasteiger partial charge in [0.15, 0.2) is 0 Å². The molecular weight excluding hydrogens is 442 g/mol. The third kappa shape index (κ3) is 7.21. The first-order valence-corrected chi connectivity index (χ1v) is 12.5. The number of para-hydroxylation sites is 2. The molecule has 2 amide bonds. The molecule has 8 nitrogen and oxygen atoms in total. The molecule has 9 heteroatoms. The number of methoxy groups -OCH3 is 1. The van der Waals surface area contributed by atoms with Crippen molar-refractivity contribution in [1.82, 2.24) is 10.2 Å². The van der Waals surface area contributed by atoms with E-state index < -0.39 is 28.5 Å². The predicted octanol–water partition coefficient (Wildman–Crippen LogP) is 2.71. The summed E-state index contributed by atoms with van der Waals surface area (Å²) in [5.74, 6) is -0.486. The normalized spacial score (nSPS) is 12.2. The minimum absolute atomic E-state index is 0.100. The Kier molecular flexibility index (Phi) is 8.87. The molecule has 0 radical (unpaired) electrons. The van der Waals surface area contributed by atoms with Crippen LogP contribution < -0.4 is 14.4 Å². The van der Waals surface area contributed by atoms with Crippen LogP contribution in [0.3, 0.4) is 0 Å². The van der Waals surface area contributed by atoms with Gasteiger partial charge in [-0.25, -0.2) is 8.42 Å². The van der Waals surface area contributed by atoms with E-state index in [9.17, 15) is 18.0 Å². The standard InChI is InChI=1S/C24H33N3O5S/c1-17(2)25-24(29)19(4)26(15-20-11-9-10-18(3)14-20)23(28)16-27(33(6,30)31)21-12-7-8-13-22(21)32-5/h7-14,17,19H,15-16H2,1-6H3,(H,25,29). The molecule has 33 heavy (non-hydrogen) atoms. The van der Waals surface area contributed by atoms with Gasteiger partial charge in [0.1, 0.15) is 18.3 Å². The maximum atomic E-state index is 13.5. The van der Waals surface area contributed by atoms with Gasteiger partial charge in [-0.1, -0.05) is 42.0 Å². The highest BCUT2D eigenvalue weighted by Gasteiger charge is 2.31.